The number of anilines is 1. The SMILES string of the molecule is CCOc1ccccc1OCCCC(=O)Nc1ccc(N=Nc2ccccc2)cc1. The molecule has 6 nitrogen and oxygen atoms in total. The summed E-state index contributed by atoms with van der Waals surface area (Å²) in [6.45, 7) is 2.95. The summed E-state index contributed by atoms with van der Waals surface area (Å²) < 4.78 is 11.3. The number of carbonyl (C=O) groups is 1. The minimum Gasteiger partial charge on any atom is -0.490 e. The molecule has 0 aliphatic rings. The number of hydrogen-bond donors (Lipinski definition) is 1. The highest BCUT2D eigenvalue weighted by molar-refractivity contribution is 5.90. The van der Waals surface area contributed by atoms with Crippen molar-refractivity contribution >= 4 is 23.0 Å². The van der Waals surface area contributed by atoms with Crippen LogP contribution in [0.15, 0.2) is 89.1 Å². The maximum atomic E-state index is 12.2. The zero-order valence-corrected chi connectivity index (χ0v) is 17.0. The van der Waals surface area contributed by atoms with Gasteiger partial charge >= 0.3 is 0 Å². The van der Waals surface area contributed by atoms with E-state index in [0.29, 0.717) is 37.6 Å². The molecule has 0 atom stereocenters. The highest BCUT2D eigenvalue weighted by Gasteiger charge is 2.06. The number of carbonyl (C=O) groups excluding carboxylic acids is 1. The minimum atomic E-state index is -0.0599. The van der Waals surface area contributed by atoms with Gasteiger partial charge in [-0.05, 0) is 61.9 Å². The Morgan fingerprint density at radius 2 is 1.40 bits per heavy atom. The number of ether oxygens (including phenoxy) is 2. The molecule has 0 heterocycles. The summed E-state index contributed by atoms with van der Waals surface area (Å²) >= 11 is 0. The van der Waals surface area contributed by atoms with Crippen molar-refractivity contribution in [1.29, 1.82) is 0 Å². The molecular formula is C24H25N3O3. The molecule has 1 amide bonds. The predicted octanol–water partition coefficient (Wildman–Crippen LogP) is 6.30. The van der Waals surface area contributed by atoms with Crippen LogP contribution < -0.4 is 14.8 Å². The molecule has 6 heteroatoms. The zero-order chi connectivity index (χ0) is 21.0. The van der Waals surface area contributed by atoms with Gasteiger partial charge in [-0.3, -0.25) is 4.79 Å². The van der Waals surface area contributed by atoms with Gasteiger partial charge in [0.2, 0.25) is 5.91 Å². The number of para-hydroxylation sites is 2. The van der Waals surface area contributed by atoms with Crippen molar-refractivity contribution < 1.29 is 14.3 Å². The van der Waals surface area contributed by atoms with Crippen LogP contribution in [-0.2, 0) is 4.79 Å². The maximum absolute atomic E-state index is 12.2. The lowest BCUT2D eigenvalue weighted by Crippen LogP contribution is -2.12. The van der Waals surface area contributed by atoms with Crippen LogP contribution in [0.4, 0.5) is 17.1 Å². The fraction of sp³-hybridized carbons (Fsp3) is 0.208. The Bertz CT molecular complexity index is 957. The van der Waals surface area contributed by atoms with Gasteiger partial charge in [0.05, 0.1) is 24.6 Å². The lowest BCUT2D eigenvalue weighted by Gasteiger charge is -2.11. The largest absolute Gasteiger partial charge is 0.490 e. The standard InChI is InChI=1S/C24H25N3O3/c1-2-29-22-11-6-7-12-23(22)30-18-8-13-24(28)25-19-14-16-21(17-15-19)27-26-20-9-4-3-5-10-20/h3-7,9-12,14-17H,2,8,13,18H2,1H3,(H,25,28). The fourth-order valence-electron chi connectivity index (χ4n) is 2.70. The van der Waals surface area contributed by atoms with Gasteiger partial charge in [-0.2, -0.15) is 10.2 Å². The van der Waals surface area contributed by atoms with Crippen LogP contribution in [0.5, 0.6) is 11.5 Å². The normalized spacial score (nSPS) is 10.7. The molecule has 0 unspecified atom stereocenters. The highest BCUT2D eigenvalue weighted by atomic mass is 16.5. The van der Waals surface area contributed by atoms with Crippen LogP contribution in [0.1, 0.15) is 19.8 Å². The first kappa shape index (κ1) is 21.0. The van der Waals surface area contributed by atoms with Gasteiger partial charge in [-0.25, -0.2) is 0 Å². The van der Waals surface area contributed by atoms with Gasteiger partial charge in [-0.1, -0.05) is 30.3 Å². The third-order valence-corrected chi connectivity index (χ3v) is 4.14. The van der Waals surface area contributed by atoms with Crippen LogP contribution >= 0.6 is 0 Å². The van der Waals surface area contributed by atoms with E-state index in [0.717, 1.165) is 17.1 Å². The molecular weight excluding hydrogens is 378 g/mol. The summed E-state index contributed by atoms with van der Waals surface area (Å²) in [6, 6.07) is 24.3. The van der Waals surface area contributed by atoms with E-state index in [1.54, 1.807) is 0 Å². The number of hydrogen-bond acceptors (Lipinski definition) is 5. The van der Waals surface area contributed by atoms with Crippen LogP contribution in [0.3, 0.4) is 0 Å². The summed E-state index contributed by atoms with van der Waals surface area (Å²) in [5.74, 6) is 1.35. The fourth-order valence-corrected chi connectivity index (χ4v) is 2.70. The highest BCUT2D eigenvalue weighted by Crippen LogP contribution is 2.26. The molecule has 0 saturated carbocycles. The van der Waals surface area contributed by atoms with Gasteiger partial charge in [0.15, 0.2) is 11.5 Å². The molecule has 3 rings (SSSR count). The summed E-state index contributed by atoms with van der Waals surface area (Å²) in [4.78, 5) is 12.2. The summed E-state index contributed by atoms with van der Waals surface area (Å²) in [5, 5.41) is 11.2. The third kappa shape index (κ3) is 6.74. The summed E-state index contributed by atoms with van der Waals surface area (Å²) in [6.07, 6.45) is 0.974. The molecule has 0 aliphatic carbocycles. The van der Waals surface area contributed by atoms with E-state index in [4.69, 9.17) is 9.47 Å². The third-order valence-electron chi connectivity index (χ3n) is 4.14. The molecule has 154 valence electrons. The van der Waals surface area contributed by atoms with Crippen molar-refractivity contribution in [2.24, 2.45) is 10.2 Å². The molecule has 3 aromatic carbocycles. The molecule has 0 aromatic heterocycles. The van der Waals surface area contributed by atoms with Crippen molar-refractivity contribution in [2.75, 3.05) is 18.5 Å². The average Bonchev–Trinajstić information content (AvgIpc) is 2.78. The van der Waals surface area contributed by atoms with E-state index < -0.39 is 0 Å². The molecule has 0 fully saturated rings. The first-order valence-corrected chi connectivity index (χ1v) is 9.96. The smallest absolute Gasteiger partial charge is 0.224 e. The monoisotopic (exact) mass is 403 g/mol. The van der Waals surface area contributed by atoms with Crippen LogP contribution in [0, 0.1) is 0 Å². The van der Waals surface area contributed by atoms with E-state index in [9.17, 15) is 4.79 Å². The van der Waals surface area contributed by atoms with Gasteiger partial charge in [0.1, 0.15) is 0 Å². The van der Waals surface area contributed by atoms with E-state index in [-0.39, 0.29) is 5.91 Å². The minimum absolute atomic E-state index is 0.0599. The van der Waals surface area contributed by atoms with Crippen LogP contribution in [-0.4, -0.2) is 19.1 Å². The Kier molecular flexibility index (Phi) is 7.97. The maximum Gasteiger partial charge on any atom is 0.224 e. The number of amides is 1. The van der Waals surface area contributed by atoms with E-state index in [1.807, 2.05) is 85.8 Å². The number of rotatable bonds is 10. The molecule has 3 aromatic rings. The van der Waals surface area contributed by atoms with E-state index in [1.165, 1.54) is 0 Å². The number of azo groups is 1. The van der Waals surface area contributed by atoms with Crippen molar-refractivity contribution in [3.8, 4) is 11.5 Å². The second-order valence-electron chi connectivity index (χ2n) is 6.46. The molecule has 0 saturated heterocycles. The van der Waals surface area contributed by atoms with Crippen LogP contribution in [0.2, 0.25) is 0 Å². The second-order valence-corrected chi connectivity index (χ2v) is 6.46. The van der Waals surface area contributed by atoms with Crippen molar-refractivity contribution in [3.63, 3.8) is 0 Å². The Labute approximate surface area is 176 Å². The van der Waals surface area contributed by atoms with Gasteiger partial charge in [0.25, 0.3) is 0 Å². The molecule has 0 radical (unpaired) electrons. The average molecular weight is 403 g/mol. The number of benzene rings is 3. The second kappa shape index (κ2) is 11.4. The van der Waals surface area contributed by atoms with Crippen molar-refractivity contribution in [1.82, 2.24) is 0 Å². The Morgan fingerprint density at radius 3 is 2.07 bits per heavy atom. The van der Waals surface area contributed by atoms with Crippen LogP contribution in [0.25, 0.3) is 0 Å². The number of nitrogens with zero attached hydrogens (tertiary/aromatic N) is 2. The summed E-state index contributed by atoms with van der Waals surface area (Å²) in [7, 11) is 0. The van der Waals surface area contributed by atoms with Gasteiger partial charge in [0, 0.05) is 12.1 Å². The van der Waals surface area contributed by atoms with Gasteiger partial charge < -0.3 is 14.8 Å². The lowest BCUT2D eigenvalue weighted by atomic mass is 10.2. The van der Waals surface area contributed by atoms with Gasteiger partial charge in [-0.15, -0.1) is 0 Å². The molecule has 0 spiro atoms. The summed E-state index contributed by atoms with van der Waals surface area (Å²) in [5.41, 5.74) is 2.24. The zero-order valence-electron chi connectivity index (χ0n) is 17.0. The van der Waals surface area contributed by atoms with Crippen molar-refractivity contribution in [2.45, 2.75) is 19.8 Å². The topological polar surface area (TPSA) is 72.3 Å². The van der Waals surface area contributed by atoms with E-state index >= 15 is 0 Å². The van der Waals surface area contributed by atoms with Crippen molar-refractivity contribution in [3.05, 3.63) is 78.9 Å². The predicted molar refractivity (Wildman–Crippen MR) is 118 cm³/mol. The molecule has 30 heavy (non-hydrogen) atoms. The first-order chi connectivity index (χ1) is 14.7. The van der Waals surface area contributed by atoms with E-state index in [2.05, 4.69) is 15.5 Å². The Morgan fingerprint density at radius 1 is 0.800 bits per heavy atom. The number of nitrogens with one attached hydrogen (secondary N) is 1. The first-order valence-electron chi connectivity index (χ1n) is 9.96. The Balaban J connectivity index is 1.41. The lowest BCUT2D eigenvalue weighted by molar-refractivity contribution is -0.116. The molecule has 1 N–H and O–H groups in total. The Hall–Kier alpha value is -3.67. The quantitative estimate of drug-likeness (QED) is 0.319. The molecule has 0 aliphatic heterocycles. The molecule has 0 bridgehead atoms.